The number of carbonyl (C=O) groups is 2. The third-order valence-corrected chi connectivity index (χ3v) is 4.64. The van der Waals surface area contributed by atoms with E-state index in [1.54, 1.807) is 0 Å². The zero-order chi connectivity index (χ0) is 19.1. The third kappa shape index (κ3) is 5.31. The van der Waals surface area contributed by atoms with Crippen molar-refractivity contribution in [3.8, 4) is 5.75 Å². The molecule has 0 radical (unpaired) electrons. The van der Waals surface area contributed by atoms with E-state index < -0.39 is 0 Å². The van der Waals surface area contributed by atoms with E-state index in [2.05, 4.69) is 5.32 Å². The molecular weight excluding hydrogens is 342 g/mol. The predicted octanol–water partition coefficient (Wildman–Crippen LogP) is 1.06. The molecule has 27 heavy (non-hydrogen) atoms. The van der Waals surface area contributed by atoms with E-state index in [4.69, 9.17) is 4.74 Å². The Morgan fingerprint density at radius 1 is 1.04 bits per heavy atom. The number of ether oxygens (including phenoxy) is 1. The van der Waals surface area contributed by atoms with Crippen LogP contribution in [0.2, 0.25) is 0 Å². The van der Waals surface area contributed by atoms with Crippen LogP contribution in [0.25, 0.3) is 0 Å². The molecule has 0 aliphatic carbocycles. The monoisotopic (exact) mass is 368 g/mol. The summed E-state index contributed by atoms with van der Waals surface area (Å²) in [7, 11) is 0. The third-order valence-electron chi connectivity index (χ3n) is 4.64. The van der Waals surface area contributed by atoms with Crippen molar-refractivity contribution in [1.29, 1.82) is 0 Å². The highest BCUT2D eigenvalue weighted by Crippen LogP contribution is 2.15. The SMILES string of the molecule is CCOc1ccc(NC(=O)C[NH+]2CCN(C(=O)c3ccccc3)CC2)cc1. The Labute approximate surface area is 159 Å². The zero-order valence-corrected chi connectivity index (χ0v) is 15.6. The number of benzene rings is 2. The molecule has 142 valence electrons. The summed E-state index contributed by atoms with van der Waals surface area (Å²) in [6.45, 7) is 5.84. The molecule has 2 aromatic carbocycles. The smallest absolute Gasteiger partial charge is 0.279 e. The highest BCUT2D eigenvalue weighted by molar-refractivity contribution is 5.94. The van der Waals surface area contributed by atoms with Gasteiger partial charge >= 0.3 is 0 Å². The average molecular weight is 368 g/mol. The minimum Gasteiger partial charge on any atom is -0.494 e. The summed E-state index contributed by atoms with van der Waals surface area (Å²) >= 11 is 0. The number of quaternary nitrogens is 1. The topological polar surface area (TPSA) is 63.1 Å². The maximum absolute atomic E-state index is 12.5. The van der Waals surface area contributed by atoms with Gasteiger partial charge in [-0.15, -0.1) is 0 Å². The van der Waals surface area contributed by atoms with Crippen molar-refractivity contribution >= 4 is 17.5 Å². The van der Waals surface area contributed by atoms with Crippen LogP contribution in [0, 0.1) is 0 Å². The molecule has 2 amide bonds. The molecular formula is C21H26N3O3+. The molecule has 1 saturated heterocycles. The number of rotatable bonds is 6. The van der Waals surface area contributed by atoms with Gasteiger partial charge in [-0.05, 0) is 43.3 Å². The molecule has 0 aromatic heterocycles. The zero-order valence-electron chi connectivity index (χ0n) is 15.6. The Morgan fingerprint density at radius 3 is 2.33 bits per heavy atom. The fourth-order valence-electron chi connectivity index (χ4n) is 3.20. The van der Waals surface area contributed by atoms with E-state index in [0.29, 0.717) is 31.8 Å². The van der Waals surface area contributed by atoms with Crippen molar-refractivity contribution in [2.45, 2.75) is 6.92 Å². The summed E-state index contributed by atoms with van der Waals surface area (Å²) in [6.07, 6.45) is 0. The second kappa shape index (κ2) is 9.19. The Morgan fingerprint density at radius 2 is 1.70 bits per heavy atom. The molecule has 6 nitrogen and oxygen atoms in total. The molecule has 3 rings (SSSR count). The fraction of sp³-hybridized carbons (Fsp3) is 0.333. The lowest BCUT2D eigenvalue weighted by molar-refractivity contribution is -0.895. The van der Waals surface area contributed by atoms with Gasteiger partial charge in [-0.1, -0.05) is 18.2 Å². The number of carbonyl (C=O) groups excluding carboxylic acids is 2. The van der Waals surface area contributed by atoms with Crippen LogP contribution < -0.4 is 15.0 Å². The van der Waals surface area contributed by atoms with Gasteiger partial charge in [-0.2, -0.15) is 0 Å². The fourth-order valence-corrected chi connectivity index (χ4v) is 3.20. The standard InChI is InChI=1S/C21H25N3O3/c1-2-27-19-10-8-18(9-11-19)22-20(25)16-23-12-14-24(15-13-23)21(26)17-6-4-3-5-7-17/h3-11H,2,12-16H2,1H3,(H,22,25)/p+1. The first kappa shape index (κ1) is 18.9. The van der Waals surface area contributed by atoms with Gasteiger partial charge in [0, 0.05) is 11.3 Å². The van der Waals surface area contributed by atoms with Gasteiger partial charge in [-0.25, -0.2) is 0 Å². The number of nitrogens with zero attached hydrogens (tertiary/aromatic N) is 1. The second-order valence-corrected chi connectivity index (χ2v) is 6.59. The Kier molecular flexibility index (Phi) is 6.44. The maximum atomic E-state index is 12.5. The highest BCUT2D eigenvalue weighted by atomic mass is 16.5. The number of nitrogens with one attached hydrogen (secondary N) is 2. The second-order valence-electron chi connectivity index (χ2n) is 6.59. The first-order valence-corrected chi connectivity index (χ1v) is 9.36. The van der Waals surface area contributed by atoms with E-state index in [9.17, 15) is 9.59 Å². The quantitative estimate of drug-likeness (QED) is 0.802. The summed E-state index contributed by atoms with van der Waals surface area (Å²) in [5, 5.41) is 2.92. The largest absolute Gasteiger partial charge is 0.494 e. The molecule has 2 N–H and O–H groups in total. The number of hydrogen-bond donors (Lipinski definition) is 2. The van der Waals surface area contributed by atoms with Gasteiger partial charge in [0.2, 0.25) is 0 Å². The van der Waals surface area contributed by atoms with E-state index in [1.807, 2.05) is 66.4 Å². The molecule has 6 heteroatoms. The van der Waals surface area contributed by atoms with Crippen LogP contribution in [0.3, 0.4) is 0 Å². The minimum atomic E-state index is -0.0167. The normalized spacial score (nSPS) is 14.6. The van der Waals surface area contributed by atoms with Crippen molar-refractivity contribution in [3.63, 3.8) is 0 Å². The first-order chi connectivity index (χ1) is 13.2. The number of anilines is 1. The van der Waals surface area contributed by atoms with Crippen molar-refractivity contribution in [2.75, 3.05) is 44.6 Å². The predicted molar refractivity (Wildman–Crippen MR) is 104 cm³/mol. The van der Waals surface area contributed by atoms with Gasteiger partial charge in [0.15, 0.2) is 6.54 Å². The Balaban J connectivity index is 1.44. The lowest BCUT2D eigenvalue weighted by Gasteiger charge is -2.32. The van der Waals surface area contributed by atoms with E-state index >= 15 is 0 Å². The minimum absolute atomic E-state index is 0.0167. The van der Waals surface area contributed by atoms with Crippen molar-refractivity contribution in [2.24, 2.45) is 0 Å². The maximum Gasteiger partial charge on any atom is 0.279 e. The molecule has 1 aliphatic heterocycles. The molecule has 1 fully saturated rings. The van der Waals surface area contributed by atoms with E-state index in [-0.39, 0.29) is 11.8 Å². The number of piperazine rings is 1. The lowest BCUT2D eigenvalue weighted by atomic mass is 10.2. The van der Waals surface area contributed by atoms with E-state index in [0.717, 1.165) is 24.5 Å². The van der Waals surface area contributed by atoms with Crippen LogP contribution in [0.15, 0.2) is 54.6 Å². The van der Waals surface area contributed by atoms with Crippen LogP contribution in [-0.2, 0) is 4.79 Å². The van der Waals surface area contributed by atoms with Gasteiger partial charge in [0.25, 0.3) is 11.8 Å². The molecule has 0 spiro atoms. The Bertz CT molecular complexity index is 754. The molecule has 1 heterocycles. The summed E-state index contributed by atoms with van der Waals surface area (Å²) in [5.74, 6) is 0.839. The molecule has 0 unspecified atom stereocenters. The lowest BCUT2D eigenvalue weighted by Crippen LogP contribution is -3.15. The van der Waals surface area contributed by atoms with Gasteiger partial charge in [0.1, 0.15) is 5.75 Å². The summed E-state index contributed by atoms with van der Waals surface area (Å²) < 4.78 is 5.40. The summed E-state index contributed by atoms with van der Waals surface area (Å²) in [6, 6.07) is 16.7. The number of hydrogen-bond acceptors (Lipinski definition) is 3. The molecule has 2 aromatic rings. The highest BCUT2D eigenvalue weighted by Gasteiger charge is 2.25. The Hall–Kier alpha value is -2.86. The molecule has 1 aliphatic rings. The van der Waals surface area contributed by atoms with Crippen molar-refractivity contribution < 1.29 is 19.2 Å². The van der Waals surface area contributed by atoms with Crippen LogP contribution >= 0.6 is 0 Å². The summed E-state index contributed by atoms with van der Waals surface area (Å²) in [4.78, 5) is 27.8. The average Bonchev–Trinajstić information content (AvgIpc) is 2.70. The van der Waals surface area contributed by atoms with E-state index in [1.165, 1.54) is 4.90 Å². The van der Waals surface area contributed by atoms with Gasteiger partial charge in [0.05, 0.1) is 32.8 Å². The van der Waals surface area contributed by atoms with Crippen LogP contribution in [0.5, 0.6) is 5.75 Å². The van der Waals surface area contributed by atoms with Gasteiger partial charge < -0.3 is 19.9 Å². The van der Waals surface area contributed by atoms with Crippen molar-refractivity contribution in [1.82, 2.24) is 4.90 Å². The first-order valence-electron chi connectivity index (χ1n) is 9.36. The van der Waals surface area contributed by atoms with Crippen LogP contribution in [0.1, 0.15) is 17.3 Å². The van der Waals surface area contributed by atoms with Crippen LogP contribution in [0.4, 0.5) is 5.69 Å². The van der Waals surface area contributed by atoms with Gasteiger partial charge in [-0.3, -0.25) is 9.59 Å². The molecule has 0 bridgehead atoms. The molecule has 0 saturated carbocycles. The molecule has 0 atom stereocenters. The van der Waals surface area contributed by atoms with Crippen LogP contribution in [-0.4, -0.2) is 56.0 Å². The van der Waals surface area contributed by atoms with Crippen molar-refractivity contribution in [3.05, 3.63) is 60.2 Å². The summed E-state index contributed by atoms with van der Waals surface area (Å²) in [5.41, 5.74) is 1.48. The number of amides is 2.